The van der Waals surface area contributed by atoms with Crippen LogP contribution in [0.1, 0.15) is 30.6 Å². The lowest BCUT2D eigenvalue weighted by molar-refractivity contribution is -0.385. The van der Waals surface area contributed by atoms with Gasteiger partial charge < -0.3 is 10.1 Å². The third kappa shape index (κ3) is 5.00. The monoisotopic (exact) mass is 358 g/mol. The van der Waals surface area contributed by atoms with Gasteiger partial charge in [0, 0.05) is 29.1 Å². The number of alkyl halides is 1. The van der Waals surface area contributed by atoms with Crippen molar-refractivity contribution in [2.24, 2.45) is 5.92 Å². The fourth-order valence-electron chi connectivity index (χ4n) is 1.97. The normalized spacial score (nSPS) is 12.0. The highest BCUT2D eigenvalue weighted by Gasteiger charge is 2.19. The summed E-state index contributed by atoms with van der Waals surface area (Å²) in [5.74, 6) is 0.263. The predicted octanol–water partition coefficient (Wildman–Crippen LogP) is 3.14. The van der Waals surface area contributed by atoms with E-state index in [1.807, 2.05) is 0 Å². The molecular formula is C14H19BrN2O4. The Morgan fingerprint density at radius 1 is 1.48 bits per heavy atom. The van der Waals surface area contributed by atoms with Gasteiger partial charge in [-0.2, -0.15) is 0 Å². The molecule has 0 aliphatic carbocycles. The van der Waals surface area contributed by atoms with Gasteiger partial charge in [-0.3, -0.25) is 14.9 Å². The molecule has 7 heteroatoms. The smallest absolute Gasteiger partial charge is 0.310 e. The van der Waals surface area contributed by atoms with Gasteiger partial charge in [0.15, 0.2) is 5.75 Å². The summed E-state index contributed by atoms with van der Waals surface area (Å²) >= 11 is 3.38. The first-order valence-corrected chi connectivity index (χ1v) is 7.70. The molecule has 1 rings (SSSR count). The fraction of sp³-hybridized carbons (Fsp3) is 0.500. The van der Waals surface area contributed by atoms with Crippen molar-refractivity contribution in [2.45, 2.75) is 26.3 Å². The number of benzene rings is 1. The van der Waals surface area contributed by atoms with E-state index >= 15 is 0 Å². The lowest BCUT2D eigenvalue weighted by Crippen LogP contribution is -2.37. The number of hydrogen-bond donors (Lipinski definition) is 1. The third-order valence-corrected chi connectivity index (χ3v) is 3.70. The predicted molar refractivity (Wildman–Crippen MR) is 84.2 cm³/mol. The van der Waals surface area contributed by atoms with E-state index in [1.54, 1.807) is 0 Å². The van der Waals surface area contributed by atoms with Crippen molar-refractivity contribution in [3.63, 3.8) is 0 Å². The van der Waals surface area contributed by atoms with Crippen LogP contribution in [-0.2, 0) is 0 Å². The van der Waals surface area contributed by atoms with E-state index in [9.17, 15) is 14.9 Å². The zero-order valence-corrected chi connectivity index (χ0v) is 13.8. The Morgan fingerprint density at radius 2 is 2.14 bits per heavy atom. The van der Waals surface area contributed by atoms with Crippen LogP contribution in [0.3, 0.4) is 0 Å². The van der Waals surface area contributed by atoms with Crippen LogP contribution < -0.4 is 10.1 Å². The zero-order valence-electron chi connectivity index (χ0n) is 12.3. The number of carbonyl (C=O) groups is 1. The molecule has 0 heterocycles. The van der Waals surface area contributed by atoms with E-state index in [4.69, 9.17) is 4.74 Å². The molecule has 0 radical (unpaired) electrons. The molecule has 0 bridgehead atoms. The molecule has 6 nitrogen and oxygen atoms in total. The molecule has 0 saturated heterocycles. The topological polar surface area (TPSA) is 81.5 Å². The first-order chi connectivity index (χ1) is 9.88. The molecular weight excluding hydrogens is 340 g/mol. The number of ether oxygens (including phenoxy) is 1. The molecule has 0 fully saturated rings. The van der Waals surface area contributed by atoms with Crippen molar-refractivity contribution in [1.82, 2.24) is 5.32 Å². The van der Waals surface area contributed by atoms with Crippen LogP contribution in [-0.4, -0.2) is 29.3 Å². The summed E-state index contributed by atoms with van der Waals surface area (Å²) in [5.41, 5.74) is 0.181. The van der Waals surface area contributed by atoms with Crippen molar-refractivity contribution in [3.8, 4) is 5.75 Å². The van der Waals surface area contributed by atoms with Crippen molar-refractivity contribution in [2.75, 3.05) is 12.4 Å². The van der Waals surface area contributed by atoms with Gasteiger partial charge in [-0.25, -0.2) is 0 Å². The van der Waals surface area contributed by atoms with Gasteiger partial charge in [0.2, 0.25) is 0 Å². The van der Waals surface area contributed by atoms with Gasteiger partial charge in [-0.05, 0) is 18.4 Å². The van der Waals surface area contributed by atoms with Gasteiger partial charge in [-0.15, -0.1) is 0 Å². The second-order valence-corrected chi connectivity index (χ2v) is 5.75. The number of nitrogens with one attached hydrogen (secondary N) is 1. The first-order valence-electron chi connectivity index (χ1n) is 6.58. The quantitative estimate of drug-likeness (QED) is 0.461. The number of halogens is 1. The molecule has 116 valence electrons. The Labute approximate surface area is 132 Å². The number of rotatable bonds is 7. The highest BCUT2D eigenvalue weighted by molar-refractivity contribution is 9.09. The average molecular weight is 359 g/mol. The summed E-state index contributed by atoms with van der Waals surface area (Å²) in [6.07, 6.45) is 0.848. The Morgan fingerprint density at radius 3 is 2.62 bits per heavy atom. The van der Waals surface area contributed by atoms with E-state index in [2.05, 4.69) is 35.1 Å². The van der Waals surface area contributed by atoms with Crippen LogP contribution in [0.15, 0.2) is 18.2 Å². The van der Waals surface area contributed by atoms with Crippen LogP contribution in [0.2, 0.25) is 0 Å². The van der Waals surface area contributed by atoms with E-state index in [-0.39, 0.29) is 23.4 Å². The maximum atomic E-state index is 12.2. The summed E-state index contributed by atoms with van der Waals surface area (Å²) in [6.45, 7) is 4.16. The van der Waals surface area contributed by atoms with Crippen LogP contribution >= 0.6 is 15.9 Å². The lowest BCUT2D eigenvalue weighted by atomic mass is 10.0. The molecule has 0 aliphatic heterocycles. The van der Waals surface area contributed by atoms with Crippen molar-refractivity contribution < 1.29 is 14.5 Å². The van der Waals surface area contributed by atoms with Gasteiger partial charge in [0.25, 0.3) is 5.91 Å². The Kier molecular flexibility index (Phi) is 6.61. The van der Waals surface area contributed by atoms with E-state index < -0.39 is 4.92 Å². The van der Waals surface area contributed by atoms with E-state index in [0.29, 0.717) is 16.8 Å². The largest absolute Gasteiger partial charge is 0.490 e. The standard InChI is InChI=1S/C14H19BrN2O4/c1-9(2)6-11(8-15)16-14(18)10-4-5-12(17(19)20)13(7-10)21-3/h4-5,7,9,11H,6,8H2,1-3H3,(H,16,18). The fourth-order valence-corrected chi connectivity index (χ4v) is 2.39. The number of methoxy groups -OCH3 is 1. The first kappa shape index (κ1) is 17.4. The number of carbonyl (C=O) groups excluding carboxylic acids is 1. The molecule has 1 unspecified atom stereocenters. The molecule has 1 aromatic rings. The summed E-state index contributed by atoms with van der Waals surface area (Å²) in [5, 5.41) is 14.4. The Bertz CT molecular complexity index is 520. The van der Waals surface area contributed by atoms with E-state index in [0.717, 1.165) is 6.42 Å². The third-order valence-electron chi connectivity index (χ3n) is 2.92. The van der Waals surface area contributed by atoms with Crippen molar-refractivity contribution in [1.29, 1.82) is 0 Å². The number of nitrogens with zero attached hydrogens (tertiary/aromatic N) is 1. The average Bonchev–Trinajstić information content (AvgIpc) is 2.44. The summed E-state index contributed by atoms with van der Waals surface area (Å²) in [4.78, 5) is 22.5. The number of hydrogen-bond acceptors (Lipinski definition) is 4. The number of nitro benzene ring substituents is 1. The molecule has 1 atom stereocenters. The highest BCUT2D eigenvalue weighted by atomic mass is 79.9. The van der Waals surface area contributed by atoms with Gasteiger partial charge in [0.1, 0.15) is 0 Å². The number of amides is 1. The van der Waals surface area contributed by atoms with Crippen LogP contribution in [0.4, 0.5) is 5.69 Å². The van der Waals surface area contributed by atoms with Crippen LogP contribution in [0.5, 0.6) is 5.75 Å². The maximum Gasteiger partial charge on any atom is 0.310 e. The molecule has 0 spiro atoms. The minimum atomic E-state index is -0.541. The molecule has 0 aliphatic rings. The Hall–Kier alpha value is -1.63. The summed E-state index contributed by atoms with van der Waals surface area (Å²) < 4.78 is 4.96. The summed E-state index contributed by atoms with van der Waals surface area (Å²) in [7, 11) is 1.34. The lowest BCUT2D eigenvalue weighted by Gasteiger charge is -2.18. The maximum absolute atomic E-state index is 12.2. The van der Waals surface area contributed by atoms with Gasteiger partial charge in [-0.1, -0.05) is 29.8 Å². The Balaban J connectivity index is 2.90. The van der Waals surface area contributed by atoms with Crippen LogP contribution in [0, 0.1) is 16.0 Å². The zero-order chi connectivity index (χ0) is 16.0. The minimum absolute atomic E-state index is 0.0127. The van der Waals surface area contributed by atoms with Gasteiger partial charge >= 0.3 is 5.69 Å². The molecule has 21 heavy (non-hydrogen) atoms. The molecule has 1 N–H and O–H groups in total. The number of nitro groups is 1. The molecule has 0 saturated carbocycles. The molecule has 1 aromatic carbocycles. The second kappa shape index (κ2) is 7.97. The summed E-state index contributed by atoms with van der Waals surface area (Å²) in [6, 6.07) is 4.10. The minimum Gasteiger partial charge on any atom is -0.490 e. The van der Waals surface area contributed by atoms with Crippen molar-refractivity contribution in [3.05, 3.63) is 33.9 Å². The van der Waals surface area contributed by atoms with Gasteiger partial charge in [0.05, 0.1) is 12.0 Å². The van der Waals surface area contributed by atoms with E-state index in [1.165, 1.54) is 25.3 Å². The SMILES string of the molecule is COc1cc(C(=O)NC(CBr)CC(C)C)ccc1[N+](=O)[O-]. The van der Waals surface area contributed by atoms with Crippen molar-refractivity contribution >= 4 is 27.5 Å². The second-order valence-electron chi connectivity index (χ2n) is 5.10. The highest BCUT2D eigenvalue weighted by Crippen LogP contribution is 2.27. The van der Waals surface area contributed by atoms with Crippen LogP contribution in [0.25, 0.3) is 0 Å². The molecule has 1 amide bonds. The molecule has 0 aromatic heterocycles.